The van der Waals surface area contributed by atoms with Crippen LogP contribution in [0.4, 0.5) is 0 Å². The van der Waals surface area contributed by atoms with Crippen LogP contribution in [0, 0.1) is 0 Å². The fourth-order valence-electron chi connectivity index (χ4n) is 2.17. The van der Waals surface area contributed by atoms with Gasteiger partial charge in [-0.15, -0.1) is 0 Å². The van der Waals surface area contributed by atoms with Crippen molar-refractivity contribution in [3.05, 3.63) is 23.8 Å². The Balaban J connectivity index is 1.70. The van der Waals surface area contributed by atoms with Gasteiger partial charge in [0.1, 0.15) is 0 Å². The van der Waals surface area contributed by atoms with Crippen molar-refractivity contribution in [3.8, 4) is 11.5 Å². The number of rotatable bonds is 4. The zero-order chi connectivity index (χ0) is 14.2. The summed E-state index contributed by atoms with van der Waals surface area (Å²) < 4.78 is 10.8. The molecule has 5 nitrogen and oxygen atoms in total. The number of nitrogens with zero attached hydrogens (tertiary/aromatic N) is 1. The minimum absolute atomic E-state index is 0.100. The van der Waals surface area contributed by atoms with Gasteiger partial charge in [-0.2, -0.15) is 0 Å². The minimum atomic E-state index is -0.100. The molecular weight excluding hydrogens is 254 g/mol. The third kappa shape index (κ3) is 2.81. The molecule has 20 heavy (non-hydrogen) atoms. The van der Waals surface area contributed by atoms with Gasteiger partial charge in [-0.05, 0) is 30.5 Å². The van der Waals surface area contributed by atoms with Crippen molar-refractivity contribution >= 4 is 5.96 Å². The Bertz CT molecular complexity index is 536. The van der Waals surface area contributed by atoms with Crippen LogP contribution in [0.2, 0.25) is 0 Å². The molecule has 108 valence electrons. The molecule has 0 atom stereocenters. The Morgan fingerprint density at radius 1 is 1.35 bits per heavy atom. The molecule has 1 saturated carbocycles. The van der Waals surface area contributed by atoms with E-state index in [1.807, 2.05) is 12.1 Å². The molecule has 3 N–H and O–H groups in total. The number of hydrogen-bond acceptors (Lipinski definition) is 3. The summed E-state index contributed by atoms with van der Waals surface area (Å²) in [5.41, 5.74) is 6.95. The van der Waals surface area contributed by atoms with Crippen molar-refractivity contribution in [2.24, 2.45) is 10.7 Å². The molecule has 0 aromatic heterocycles. The number of guanidine groups is 1. The summed E-state index contributed by atoms with van der Waals surface area (Å²) in [5.74, 6) is 2.16. The molecule has 1 heterocycles. The summed E-state index contributed by atoms with van der Waals surface area (Å²) in [5, 5.41) is 3.20. The summed E-state index contributed by atoms with van der Waals surface area (Å²) in [4.78, 5) is 4.46. The average molecular weight is 275 g/mol. The predicted octanol–water partition coefficient (Wildman–Crippen LogP) is 1.76. The van der Waals surface area contributed by atoms with Gasteiger partial charge in [0.25, 0.3) is 0 Å². The van der Waals surface area contributed by atoms with Crippen LogP contribution in [-0.2, 0) is 5.41 Å². The van der Waals surface area contributed by atoms with Gasteiger partial charge >= 0.3 is 0 Å². The molecule has 0 radical (unpaired) electrons. The topological polar surface area (TPSA) is 68.9 Å². The van der Waals surface area contributed by atoms with Crippen LogP contribution in [0.5, 0.6) is 11.5 Å². The first-order valence-electron chi connectivity index (χ1n) is 7.01. The molecule has 0 spiro atoms. The highest BCUT2D eigenvalue weighted by atomic mass is 16.7. The highest BCUT2D eigenvalue weighted by molar-refractivity contribution is 5.78. The third-order valence-electron chi connectivity index (χ3n) is 3.73. The summed E-state index contributed by atoms with van der Waals surface area (Å²) in [7, 11) is 0. The number of fused-ring (bicyclic) bond motifs is 1. The number of aliphatic imine (C=N–C) groups is 1. The molecule has 3 rings (SSSR count). The lowest BCUT2D eigenvalue weighted by Gasteiger charge is -2.23. The van der Waals surface area contributed by atoms with Crippen LogP contribution in [-0.4, -0.2) is 25.3 Å². The maximum absolute atomic E-state index is 5.88. The van der Waals surface area contributed by atoms with E-state index in [1.54, 1.807) is 0 Å². The van der Waals surface area contributed by atoms with Gasteiger partial charge in [0.05, 0.1) is 6.54 Å². The van der Waals surface area contributed by atoms with Crippen molar-refractivity contribution in [3.63, 3.8) is 0 Å². The number of ether oxygens (including phenoxy) is 2. The second-order valence-electron chi connectivity index (χ2n) is 6.07. The lowest BCUT2D eigenvalue weighted by molar-refractivity contribution is 0.174. The molecule has 1 fully saturated rings. The lowest BCUT2D eigenvalue weighted by atomic mass is 9.84. The highest BCUT2D eigenvalue weighted by Gasteiger charge is 2.25. The van der Waals surface area contributed by atoms with E-state index >= 15 is 0 Å². The van der Waals surface area contributed by atoms with Gasteiger partial charge in [-0.3, -0.25) is 4.99 Å². The van der Waals surface area contributed by atoms with Gasteiger partial charge in [-0.25, -0.2) is 0 Å². The van der Waals surface area contributed by atoms with E-state index in [2.05, 4.69) is 30.2 Å². The second-order valence-corrected chi connectivity index (χ2v) is 6.07. The van der Waals surface area contributed by atoms with Crippen LogP contribution in [0.25, 0.3) is 0 Å². The molecule has 1 aliphatic heterocycles. The number of hydrogen-bond donors (Lipinski definition) is 2. The normalized spacial score (nSPS) is 18.2. The maximum Gasteiger partial charge on any atom is 0.231 e. The fraction of sp³-hybridized carbons (Fsp3) is 0.533. The Hall–Kier alpha value is -1.91. The molecule has 2 aliphatic rings. The van der Waals surface area contributed by atoms with E-state index in [0.29, 0.717) is 25.3 Å². The molecule has 1 aromatic carbocycles. The van der Waals surface area contributed by atoms with Gasteiger partial charge in [0.15, 0.2) is 17.5 Å². The van der Waals surface area contributed by atoms with E-state index in [4.69, 9.17) is 15.2 Å². The van der Waals surface area contributed by atoms with E-state index in [9.17, 15) is 0 Å². The monoisotopic (exact) mass is 275 g/mol. The lowest BCUT2D eigenvalue weighted by Crippen LogP contribution is -2.35. The Morgan fingerprint density at radius 2 is 2.10 bits per heavy atom. The SMILES string of the molecule is CC(C)(CN=C(N)NC1CC1)c1ccc2c(c1)OCO2. The average Bonchev–Trinajstić information content (AvgIpc) is 3.10. The standard InChI is InChI=1S/C15H21N3O2/c1-15(2,8-17-14(16)18-11-4-5-11)10-3-6-12-13(7-10)20-9-19-12/h3,6-7,11H,4-5,8-9H2,1-2H3,(H3,16,17,18). The summed E-state index contributed by atoms with van der Waals surface area (Å²) in [6.07, 6.45) is 2.39. The molecule has 1 aromatic rings. The predicted molar refractivity (Wildman–Crippen MR) is 78.2 cm³/mol. The van der Waals surface area contributed by atoms with Crippen LogP contribution >= 0.6 is 0 Å². The number of nitrogens with two attached hydrogens (primary N) is 1. The van der Waals surface area contributed by atoms with Crippen LogP contribution in [0.3, 0.4) is 0 Å². The molecular formula is C15H21N3O2. The van der Waals surface area contributed by atoms with Gasteiger partial charge in [0.2, 0.25) is 6.79 Å². The van der Waals surface area contributed by atoms with Crippen molar-refractivity contribution in [1.29, 1.82) is 0 Å². The first-order chi connectivity index (χ1) is 9.54. The highest BCUT2D eigenvalue weighted by Crippen LogP contribution is 2.36. The smallest absolute Gasteiger partial charge is 0.231 e. The number of benzene rings is 1. The van der Waals surface area contributed by atoms with E-state index in [0.717, 1.165) is 11.5 Å². The molecule has 1 aliphatic carbocycles. The molecule has 0 unspecified atom stereocenters. The van der Waals surface area contributed by atoms with Gasteiger partial charge < -0.3 is 20.5 Å². The van der Waals surface area contributed by atoms with Crippen molar-refractivity contribution in [1.82, 2.24) is 5.32 Å². The van der Waals surface area contributed by atoms with Crippen LogP contribution in [0.15, 0.2) is 23.2 Å². The molecule has 5 heteroatoms. The Kier molecular flexibility index (Phi) is 3.20. The fourth-order valence-corrected chi connectivity index (χ4v) is 2.17. The van der Waals surface area contributed by atoms with E-state index in [-0.39, 0.29) is 5.41 Å². The van der Waals surface area contributed by atoms with Crippen molar-refractivity contribution in [2.75, 3.05) is 13.3 Å². The van der Waals surface area contributed by atoms with Gasteiger partial charge in [-0.1, -0.05) is 19.9 Å². The zero-order valence-corrected chi connectivity index (χ0v) is 12.0. The Morgan fingerprint density at radius 3 is 2.85 bits per heavy atom. The quantitative estimate of drug-likeness (QED) is 0.649. The van der Waals surface area contributed by atoms with E-state index < -0.39 is 0 Å². The second kappa shape index (κ2) is 4.89. The number of nitrogens with one attached hydrogen (secondary N) is 1. The summed E-state index contributed by atoms with van der Waals surface area (Å²) in [6, 6.07) is 6.58. The van der Waals surface area contributed by atoms with Crippen molar-refractivity contribution < 1.29 is 9.47 Å². The van der Waals surface area contributed by atoms with Gasteiger partial charge in [0, 0.05) is 11.5 Å². The Labute approximate surface area is 119 Å². The molecule has 0 saturated heterocycles. The minimum Gasteiger partial charge on any atom is -0.454 e. The van der Waals surface area contributed by atoms with Crippen molar-refractivity contribution in [2.45, 2.75) is 38.1 Å². The first kappa shape index (κ1) is 13.1. The molecule has 0 bridgehead atoms. The summed E-state index contributed by atoms with van der Waals surface area (Å²) >= 11 is 0. The third-order valence-corrected chi connectivity index (χ3v) is 3.73. The van der Waals surface area contributed by atoms with E-state index in [1.165, 1.54) is 18.4 Å². The summed E-state index contributed by atoms with van der Waals surface area (Å²) in [6.45, 7) is 5.24. The first-order valence-corrected chi connectivity index (χ1v) is 7.01. The van der Waals surface area contributed by atoms with Crippen LogP contribution < -0.4 is 20.5 Å². The van der Waals surface area contributed by atoms with Crippen LogP contribution in [0.1, 0.15) is 32.3 Å². The maximum atomic E-state index is 5.88. The largest absolute Gasteiger partial charge is 0.454 e. The zero-order valence-electron chi connectivity index (χ0n) is 12.0. The molecule has 0 amide bonds.